The van der Waals surface area contributed by atoms with Crippen LogP contribution < -0.4 is 4.90 Å². The number of aliphatic hydroxyl groups excluding tert-OH is 1. The van der Waals surface area contributed by atoms with E-state index in [2.05, 4.69) is 9.97 Å². The summed E-state index contributed by atoms with van der Waals surface area (Å²) < 4.78 is 5.20. The van der Waals surface area contributed by atoms with E-state index in [4.69, 9.17) is 4.42 Å². The highest BCUT2D eigenvalue weighted by Crippen LogP contribution is 2.42. The van der Waals surface area contributed by atoms with Gasteiger partial charge in [0.15, 0.2) is 11.5 Å². The van der Waals surface area contributed by atoms with Gasteiger partial charge in [-0.1, -0.05) is 18.2 Å². The van der Waals surface area contributed by atoms with Gasteiger partial charge >= 0.3 is 0 Å². The van der Waals surface area contributed by atoms with Crippen molar-refractivity contribution in [1.29, 1.82) is 0 Å². The molecule has 1 atom stereocenters. The molecule has 0 bridgehead atoms. The van der Waals surface area contributed by atoms with Crippen LogP contribution in [0.4, 0.5) is 5.95 Å². The Morgan fingerprint density at radius 3 is 2.75 bits per heavy atom. The smallest absolute Gasteiger partial charge is 0.296 e. The van der Waals surface area contributed by atoms with Gasteiger partial charge < -0.3 is 14.5 Å². The number of imidazole rings is 1. The van der Waals surface area contributed by atoms with Crippen molar-refractivity contribution < 1.29 is 19.1 Å². The molecule has 1 aliphatic rings. The van der Waals surface area contributed by atoms with Gasteiger partial charge in [-0.25, -0.2) is 4.98 Å². The highest BCUT2D eigenvalue weighted by molar-refractivity contribution is 7.10. The number of hydrogen-bond acceptors (Lipinski definition) is 6. The Bertz CT molecular complexity index is 1190. The number of rotatable bonds is 4. The van der Waals surface area contributed by atoms with Crippen molar-refractivity contribution in [3.05, 3.63) is 82.1 Å². The van der Waals surface area contributed by atoms with Gasteiger partial charge in [-0.15, -0.1) is 11.3 Å². The molecule has 0 spiro atoms. The third-order valence-electron chi connectivity index (χ3n) is 4.62. The van der Waals surface area contributed by atoms with Gasteiger partial charge in [0.1, 0.15) is 6.04 Å². The number of para-hydroxylation sites is 2. The van der Waals surface area contributed by atoms with E-state index in [1.165, 1.54) is 28.6 Å². The van der Waals surface area contributed by atoms with Crippen LogP contribution >= 0.6 is 11.3 Å². The number of thiophene rings is 1. The third-order valence-corrected chi connectivity index (χ3v) is 5.54. The molecule has 1 unspecified atom stereocenters. The number of furan rings is 1. The molecular weight excluding hydrogens is 378 g/mol. The highest BCUT2D eigenvalue weighted by Gasteiger charge is 2.46. The summed E-state index contributed by atoms with van der Waals surface area (Å²) in [6.45, 7) is 0. The van der Waals surface area contributed by atoms with Gasteiger partial charge in [0.05, 0.1) is 22.9 Å². The first-order valence-electron chi connectivity index (χ1n) is 8.48. The number of H-pyrrole nitrogens is 1. The van der Waals surface area contributed by atoms with E-state index in [0.29, 0.717) is 5.52 Å². The van der Waals surface area contributed by atoms with E-state index in [0.717, 1.165) is 10.4 Å². The maximum Gasteiger partial charge on any atom is 0.296 e. The number of aliphatic hydroxyl groups is 1. The lowest BCUT2D eigenvalue weighted by Gasteiger charge is -2.22. The largest absolute Gasteiger partial charge is 0.503 e. The van der Waals surface area contributed by atoms with Crippen molar-refractivity contribution in [2.75, 3.05) is 4.90 Å². The summed E-state index contributed by atoms with van der Waals surface area (Å²) in [4.78, 5) is 35.6. The minimum absolute atomic E-state index is 0.0251. The summed E-state index contributed by atoms with van der Waals surface area (Å²) in [5.74, 6) is -1.50. The highest BCUT2D eigenvalue weighted by atomic mass is 32.1. The van der Waals surface area contributed by atoms with E-state index in [-0.39, 0.29) is 17.3 Å². The normalized spacial score (nSPS) is 17.1. The van der Waals surface area contributed by atoms with Gasteiger partial charge in [-0.05, 0) is 35.7 Å². The fourth-order valence-electron chi connectivity index (χ4n) is 3.37. The van der Waals surface area contributed by atoms with E-state index in [1.54, 1.807) is 6.07 Å². The Kier molecular flexibility index (Phi) is 3.66. The lowest BCUT2D eigenvalue weighted by atomic mass is 10.0. The molecule has 0 saturated carbocycles. The minimum Gasteiger partial charge on any atom is -0.503 e. The standard InChI is InChI=1S/C20H13N3O4S/c24-17(13-7-3-9-27-13)15-16(14-8-4-10-28-14)23(19(26)18(15)25)20-21-11-5-1-2-6-12(11)22-20/h1-10,16,25H,(H,21,22). The molecule has 0 saturated heterocycles. The fraction of sp³-hybridized carbons (Fsp3) is 0.0500. The molecule has 7 nitrogen and oxygen atoms in total. The van der Waals surface area contributed by atoms with E-state index in [1.807, 2.05) is 41.8 Å². The Morgan fingerprint density at radius 2 is 2.04 bits per heavy atom. The molecule has 1 amide bonds. The average molecular weight is 391 g/mol. The zero-order valence-corrected chi connectivity index (χ0v) is 15.1. The Hall–Kier alpha value is -3.65. The second kappa shape index (κ2) is 6.21. The van der Waals surface area contributed by atoms with Crippen LogP contribution in [0.25, 0.3) is 11.0 Å². The van der Waals surface area contributed by atoms with Crippen LogP contribution in [0.15, 0.2) is 75.9 Å². The van der Waals surface area contributed by atoms with Crippen molar-refractivity contribution in [1.82, 2.24) is 9.97 Å². The summed E-state index contributed by atoms with van der Waals surface area (Å²) >= 11 is 1.38. The maximum atomic E-state index is 13.0. The van der Waals surface area contributed by atoms with Crippen LogP contribution in [-0.2, 0) is 4.79 Å². The van der Waals surface area contributed by atoms with Gasteiger partial charge in [0.2, 0.25) is 11.7 Å². The molecule has 28 heavy (non-hydrogen) atoms. The van der Waals surface area contributed by atoms with E-state index < -0.39 is 23.5 Å². The van der Waals surface area contributed by atoms with Crippen LogP contribution in [0.5, 0.6) is 0 Å². The van der Waals surface area contributed by atoms with Crippen molar-refractivity contribution >= 4 is 40.0 Å². The fourth-order valence-corrected chi connectivity index (χ4v) is 4.19. The van der Waals surface area contributed by atoms with E-state index in [9.17, 15) is 14.7 Å². The number of benzene rings is 1. The maximum absolute atomic E-state index is 13.0. The van der Waals surface area contributed by atoms with Crippen molar-refractivity contribution in [3.63, 3.8) is 0 Å². The van der Waals surface area contributed by atoms with Gasteiger partial charge in [-0.2, -0.15) is 0 Å². The number of anilines is 1. The zero-order valence-electron chi connectivity index (χ0n) is 14.3. The van der Waals surface area contributed by atoms with E-state index >= 15 is 0 Å². The molecule has 3 aromatic heterocycles. The predicted octanol–water partition coefficient (Wildman–Crippen LogP) is 4.00. The number of fused-ring (bicyclic) bond motifs is 1. The molecule has 0 aliphatic carbocycles. The Balaban J connectivity index is 1.67. The Labute approximate surface area is 162 Å². The molecule has 138 valence electrons. The second-order valence-corrected chi connectivity index (χ2v) is 7.22. The lowest BCUT2D eigenvalue weighted by Crippen LogP contribution is -2.31. The molecule has 8 heteroatoms. The van der Waals surface area contributed by atoms with Crippen molar-refractivity contribution in [2.24, 2.45) is 0 Å². The van der Waals surface area contributed by atoms with Crippen LogP contribution in [0.1, 0.15) is 21.5 Å². The first kappa shape index (κ1) is 16.5. The SMILES string of the molecule is O=C(C1=C(O)C(=O)N(c2nc3ccccc3[nH]2)C1c1cccs1)c1ccco1. The number of nitrogens with one attached hydrogen (secondary N) is 1. The molecule has 2 N–H and O–H groups in total. The first-order valence-corrected chi connectivity index (χ1v) is 9.36. The van der Waals surface area contributed by atoms with Gasteiger partial charge in [-0.3, -0.25) is 14.5 Å². The zero-order chi connectivity index (χ0) is 19.3. The van der Waals surface area contributed by atoms with Gasteiger partial charge in [0, 0.05) is 4.88 Å². The molecule has 5 rings (SSSR count). The summed E-state index contributed by atoms with van der Waals surface area (Å²) in [7, 11) is 0. The number of ketones is 1. The average Bonchev–Trinajstić information content (AvgIpc) is 3.49. The summed E-state index contributed by atoms with van der Waals surface area (Å²) in [5, 5.41) is 12.4. The van der Waals surface area contributed by atoms with Crippen LogP contribution in [0.2, 0.25) is 0 Å². The monoisotopic (exact) mass is 391 g/mol. The molecular formula is C20H13N3O4S. The molecule has 4 heterocycles. The summed E-state index contributed by atoms with van der Waals surface area (Å²) in [6.07, 6.45) is 1.37. The predicted molar refractivity (Wildman–Crippen MR) is 103 cm³/mol. The van der Waals surface area contributed by atoms with Crippen LogP contribution in [0, 0.1) is 0 Å². The molecule has 4 aromatic rings. The second-order valence-electron chi connectivity index (χ2n) is 6.24. The van der Waals surface area contributed by atoms with Crippen LogP contribution in [0.3, 0.4) is 0 Å². The lowest BCUT2D eigenvalue weighted by molar-refractivity contribution is -0.117. The number of carbonyl (C=O) groups excluding carboxylic acids is 2. The number of Topliss-reactive ketones (excluding diaryl/α,β-unsaturated/α-hetero) is 1. The van der Waals surface area contributed by atoms with Gasteiger partial charge in [0.25, 0.3) is 5.91 Å². The number of aromatic amines is 1. The summed E-state index contributed by atoms with van der Waals surface area (Å²) in [6, 6.07) is 13.3. The molecule has 0 fully saturated rings. The number of aromatic nitrogens is 2. The van der Waals surface area contributed by atoms with Crippen LogP contribution in [-0.4, -0.2) is 26.8 Å². The summed E-state index contributed by atoms with van der Waals surface area (Å²) in [5.41, 5.74) is 1.41. The number of amides is 1. The minimum atomic E-state index is -0.800. The third kappa shape index (κ3) is 2.39. The van der Waals surface area contributed by atoms with Crippen molar-refractivity contribution in [2.45, 2.75) is 6.04 Å². The number of hydrogen-bond donors (Lipinski definition) is 2. The molecule has 0 radical (unpaired) electrons. The first-order chi connectivity index (χ1) is 13.6. The van der Waals surface area contributed by atoms with Crippen molar-refractivity contribution in [3.8, 4) is 0 Å². The molecule has 1 aliphatic heterocycles. The number of carbonyl (C=O) groups is 2. The topological polar surface area (TPSA) is 99.4 Å². The Morgan fingerprint density at radius 1 is 1.18 bits per heavy atom. The number of nitrogens with zero attached hydrogens (tertiary/aromatic N) is 2. The molecule has 1 aromatic carbocycles. The quantitative estimate of drug-likeness (QED) is 0.512.